The Kier molecular flexibility index (Phi) is 5.71. The first-order valence-electron chi connectivity index (χ1n) is 10.5. The minimum atomic E-state index is 0.332. The van der Waals surface area contributed by atoms with Gasteiger partial charge in [0.05, 0.1) is 0 Å². The summed E-state index contributed by atoms with van der Waals surface area (Å²) in [7, 11) is 2.14. The number of likely N-dealkylation sites (N-methyl/N-ethyl adjacent to an activating group) is 1. The number of nitrogens with two attached hydrogens (primary N) is 1. The lowest BCUT2D eigenvalue weighted by molar-refractivity contribution is 0.459. The molecule has 1 aliphatic heterocycles. The van der Waals surface area contributed by atoms with Gasteiger partial charge >= 0.3 is 0 Å². The summed E-state index contributed by atoms with van der Waals surface area (Å²) in [4.78, 5) is 2.25. The molecule has 2 aliphatic carbocycles. The molecule has 1 unspecified atom stereocenters. The van der Waals surface area contributed by atoms with Gasteiger partial charge in [0.2, 0.25) is 0 Å². The molecule has 1 heterocycles. The lowest BCUT2D eigenvalue weighted by atomic mass is 9.74. The molecule has 0 radical (unpaired) electrons. The van der Waals surface area contributed by atoms with E-state index in [1.165, 1.54) is 21.9 Å². The highest BCUT2D eigenvalue weighted by Gasteiger charge is 2.27. The van der Waals surface area contributed by atoms with Crippen molar-refractivity contribution in [1.29, 1.82) is 0 Å². The molecule has 148 valence electrons. The van der Waals surface area contributed by atoms with Crippen molar-refractivity contribution in [3.63, 3.8) is 0 Å². The van der Waals surface area contributed by atoms with E-state index in [2.05, 4.69) is 97.6 Å². The van der Waals surface area contributed by atoms with Crippen LogP contribution in [0.2, 0.25) is 0 Å². The number of nitrogens with zero attached hydrogens (tertiary/aromatic N) is 1. The van der Waals surface area contributed by atoms with Crippen molar-refractivity contribution in [1.82, 2.24) is 4.90 Å². The van der Waals surface area contributed by atoms with Crippen LogP contribution in [-0.4, -0.2) is 18.5 Å². The highest BCUT2D eigenvalue weighted by Crippen LogP contribution is 2.38. The fourth-order valence-corrected chi connectivity index (χ4v) is 4.57. The predicted octanol–water partition coefficient (Wildman–Crippen LogP) is 3.94. The maximum absolute atomic E-state index is 6.06. The SMILES string of the molecule is C=c1cccc/c1=C(\C1=CC=C(N)CC1)C1C=CC=C[C@@H]1CC1=CC=CN(C)C1. The number of allylic oxidation sites excluding steroid dienone is 10. The first-order valence-corrected chi connectivity index (χ1v) is 10.5. The predicted molar refractivity (Wildman–Crippen MR) is 124 cm³/mol. The van der Waals surface area contributed by atoms with Crippen molar-refractivity contribution < 1.29 is 0 Å². The largest absolute Gasteiger partial charge is 0.402 e. The molecular weight excluding hydrogens is 352 g/mol. The van der Waals surface area contributed by atoms with Crippen LogP contribution in [-0.2, 0) is 0 Å². The summed E-state index contributed by atoms with van der Waals surface area (Å²) in [5.41, 5.74) is 11.3. The van der Waals surface area contributed by atoms with Crippen LogP contribution in [0.4, 0.5) is 0 Å². The van der Waals surface area contributed by atoms with E-state index in [0.29, 0.717) is 11.8 Å². The highest BCUT2D eigenvalue weighted by atomic mass is 15.1. The maximum atomic E-state index is 6.06. The zero-order valence-corrected chi connectivity index (χ0v) is 17.2. The average Bonchev–Trinajstić information content (AvgIpc) is 2.72. The molecule has 2 atom stereocenters. The van der Waals surface area contributed by atoms with Gasteiger partial charge in [-0.1, -0.05) is 72.9 Å². The van der Waals surface area contributed by atoms with E-state index in [4.69, 9.17) is 5.73 Å². The number of benzene rings is 1. The molecule has 29 heavy (non-hydrogen) atoms. The van der Waals surface area contributed by atoms with Gasteiger partial charge in [-0.15, -0.1) is 0 Å². The Labute approximate surface area is 174 Å². The first-order chi connectivity index (χ1) is 14.1. The Morgan fingerprint density at radius 3 is 2.66 bits per heavy atom. The van der Waals surface area contributed by atoms with Gasteiger partial charge in [0.25, 0.3) is 0 Å². The van der Waals surface area contributed by atoms with Gasteiger partial charge in [-0.25, -0.2) is 0 Å². The lowest BCUT2D eigenvalue weighted by Gasteiger charge is -2.31. The van der Waals surface area contributed by atoms with E-state index in [1.54, 1.807) is 0 Å². The number of hydrogen-bond acceptors (Lipinski definition) is 2. The maximum Gasteiger partial charge on any atom is 0.0383 e. The van der Waals surface area contributed by atoms with Crippen LogP contribution in [0.1, 0.15) is 19.3 Å². The zero-order chi connectivity index (χ0) is 20.2. The molecule has 0 saturated carbocycles. The van der Waals surface area contributed by atoms with Crippen molar-refractivity contribution in [3.05, 3.63) is 106 Å². The van der Waals surface area contributed by atoms with Crippen molar-refractivity contribution in [2.75, 3.05) is 13.6 Å². The first kappa shape index (κ1) is 19.3. The van der Waals surface area contributed by atoms with Crippen molar-refractivity contribution in [2.24, 2.45) is 17.6 Å². The quantitative estimate of drug-likeness (QED) is 0.855. The van der Waals surface area contributed by atoms with E-state index in [0.717, 1.165) is 36.7 Å². The van der Waals surface area contributed by atoms with E-state index in [9.17, 15) is 0 Å². The summed E-state index contributed by atoms with van der Waals surface area (Å²) in [6.45, 7) is 5.34. The lowest BCUT2D eigenvalue weighted by Crippen LogP contribution is -2.31. The van der Waals surface area contributed by atoms with Crippen LogP contribution in [0.25, 0.3) is 12.2 Å². The molecule has 2 heteroatoms. The molecule has 2 nitrogen and oxygen atoms in total. The second-order valence-corrected chi connectivity index (χ2v) is 8.25. The molecule has 0 bridgehead atoms. The average molecular weight is 383 g/mol. The summed E-state index contributed by atoms with van der Waals surface area (Å²) in [5.74, 6) is 0.767. The van der Waals surface area contributed by atoms with E-state index in [1.807, 2.05) is 0 Å². The van der Waals surface area contributed by atoms with Crippen molar-refractivity contribution >= 4 is 12.2 Å². The van der Waals surface area contributed by atoms with Gasteiger partial charge in [-0.2, -0.15) is 0 Å². The van der Waals surface area contributed by atoms with Crippen LogP contribution in [0.3, 0.4) is 0 Å². The van der Waals surface area contributed by atoms with Gasteiger partial charge in [-0.05, 0) is 65.1 Å². The van der Waals surface area contributed by atoms with E-state index in [-0.39, 0.29) is 0 Å². The molecule has 0 amide bonds. The standard InChI is InChI=1S/C27H30N2/c1-20-8-3-5-11-25(20)27(22-13-15-24(28)16-14-22)26-12-6-4-10-23(26)18-21-9-7-17-29(2)19-21/h3-13,15,17,23,26H,1,14,16,18-19,28H2,2H3/b27-25-/t23-,26?/m1/s1. The Bertz CT molecular complexity index is 1060. The Morgan fingerprint density at radius 2 is 1.90 bits per heavy atom. The number of rotatable bonds is 4. The van der Waals surface area contributed by atoms with Crippen LogP contribution in [0.15, 0.2) is 95.9 Å². The van der Waals surface area contributed by atoms with Crippen molar-refractivity contribution in [3.8, 4) is 0 Å². The van der Waals surface area contributed by atoms with Gasteiger partial charge in [-0.3, -0.25) is 0 Å². The molecule has 0 fully saturated rings. The topological polar surface area (TPSA) is 29.3 Å². The van der Waals surface area contributed by atoms with Gasteiger partial charge in [0.1, 0.15) is 0 Å². The third-order valence-corrected chi connectivity index (χ3v) is 6.04. The smallest absolute Gasteiger partial charge is 0.0383 e. The third-order valence-electron chi connectivity index (χ3n) is 6.04. The summed E-state index contributed by atoms with van der Waals surface area (Å²) < 4.78 is 0. The molecule has 0 saturated heterocycles. The van der Waals surface area contributed by atoms with Crippen LogP contribution >= 0.6 is 0 Å². The summed E-state index contributed by atoms with van der Waals surface area (Å²) in [6.07, 6.45) is 23.0. The fourth-order valence-electron chi connectivity index (χ4n) is 4.57. The Balaban J connectivity index is 1.79. The molecule has 1 aromatic rings. The Morgan fingerprint density at radius 1 is 1.07 bits per heavy atom. The van der Waals surface area contributed by atoms with Crippen LogP contribution in [0, 0.1) is 11.8 Å². The zero-order valence-electron chi connectivity index (χ0n) is 17.2. The summed E-state index contributed by atoms with van der Waals surface area (Å²) >= 11 is 0. The van der Waals surface area contributed by atoms with Crippen LogP contribution < -0.4 is 16.2 Å². The normalized spacial score (nSPS) is 24.7. The minimum Gasteiger partial charge on any atom is -0.402 e. The Hall–Kier alpha value is -3.00. The van der Waals surface area contributed by atoms with E-state index >= 15 is 0 Å². The van der Waals surface area contributed by atoms with E-state index < -0.39 is 0 Å². The summed E-state index contributed by atoms with van der Waals surface area (Å²) in [5, 5.41) is 2.35. The fraction of sp³-hybridized carbons (Fsp3) is 0.259. The molecule has 4 rings (SSSR count). The third kappa shape index (κ3) is 4.37. The molecule has 1 aromatic carbocycles. The van der Waals surface area contributed by atoms with Crippen LogP contribution in [0.5, 0.6) is 0 Å². The molecule has 2 N–H and O–H groups in total. The molecular formula is C27H30N2. The highest BCUT2D eigenvalue weighted by molar-refractivity contribution is 5.70. The van der Waals surface area contributed by atoms with Gasteiger partial charge in [0.15, 0.2) is 0 Å². The van der Waals surface area contributed by atoms with Gasteiger partial charge in [0, 0.05) is 25.2 Å². The molecule has 3 aliphatic rings. The monoisotopic (exact) mass is 382 g/mol. The van der Waals surface area contributed by atoms with Gasteiger partial charge < -0.3 is 10.6 Å². The second-order valence-electron chi connectivity index (χ2n) is 8.25. The summed E-state index contributed by atoms with van der Waals surface area (Å²) in [6, 6.07) is 8.53. The van der Waals surface area contributed by atoms with Crippen molar-refractivity contribution in [2.45, 2.75) is 19.3 Å². The molecule has 0 spiro atoms. The second kappa shape index (κ2) is 8.57. The number of hydrogen-bond donors (Lipinski definition) is 1. The molecule has 0 aromatic heterocycles. The minimum absolute atomic E-state index is 0.332.